The van der Waals surface area contributed by atoms with E-state index in [1.165, 1.54) is 0 Å². The van der Waals surface area contributed by atoms with Gasteiger partial charge in [-0.1, -0.05) is 0 Å². The lowest BCUT2D eigenvalue weighted by molar-refractivity contribution is -0.128. The Hall–Kier alpha value is -2.28. The third kappa shape index (κ3) is 3.03. The molecule has 6 nitrogen and oxygen atoms in total. The van der Waals surface area contributed by atoms with E-state index < -0.39 is 0 Å². The Morgan fingerprint density at radius 3 is 2.46 bits per heavy atom. The number of amides is 1. The number of carbonyl (C=O) groups excluding carboxylic acids is 1. The molecular weight excluding hydrogens is 330 g/mol. The lowest BCUT2D eigenvalue weighted by Crippen LogP contribution is -2.27. The highest BCUT2D eigenvalue weighted by Crippen LogP contribution is 2.46. The van der Waals surface area contributed by atoms with Gasteiger partial charge in [0.05, 0.1) is 39.9 Å². The molecule has 7 heteroatoms. The quantitative estimate of drug-likeness (QED) is 0.799. The number of rotatable bonds is 6. The molecule has 0 N–H and O–H groups in total. The van der Waals surface area contributed by atoms with Gasteiger partial charge < -0.3 is 23.5 Å². The summed E-state index contributed by atoms with van der Waals surface area (Å²) in [5.74, 6) is 2.95. The van der Waals surface area contributed by atoms with E-state index in [-0.39, 0.29) is 11.3 Å². The van der Waals surface area contributed by atoms with Gasteiger partial charge in [0.15, 0.2) is 11.5 Å². The molecule has 1 aromatic heterocycles. The molecule has 0 bridgehead atoms. The van der Waals surface area contributed by atoms with E-state index in [1.54, 1.807) is 44.3 Å². The van der Waals surface area contributed by atoms with Gasteiger partial charge in [-0.3, -0.25) is 4.79 Å². The van der Waals surface area contributed by atoms with E-state index in [2.05, 4.69) is 0 Å². The van der Waals surface area contributed by atoms with E-state index >= 15 is 0 Å². The SMILES string of the molecule is COc1cc([C@H]2SCC(=O)N2Cc2ccco2)cc(OC)c1OC. The summed E-state index contributed by atoms with van der Waals surface area (Å²) >= 11 is 1.57. The van der Waals surface area contributed by atoms with Gasteiger partial charge in [0, 0.05) is 0 Å². The summed E-state index contributed by atoms with van der Waals surface area (Å²) in [7, 11) is 4.72. The molecule has 1 fully saturated rings. The first-order chi connectivity index (χ1) is 11.7. The van der Waals surface area contributed by atoms with Crippen LogP contribution < -0.4 is 14.2 Å². The van der Waals surface area contributed by atoms with Crippen LogP contribution in [0, 0.1) is 0 Å². The van der Waals surface area contributed by atoms with Crippen molar-refractivity contribution in [2.75, 3.05) is 27.1 Å². The summed E-state index contributed by atoms with van der Waals surface area (Å²) in [6, 6.07) is 7.44. The van der Waals surface area contributed by atoms with E-state index in [0.29, 0.717) is 29.5 Å². The first kappa shape index (κ1) is 16.6. The Bertz CT molecular complexity index is 691. The van der Waals surface area contributed by atoms with Crippen molar-refractivity contribution in [3.05, 3.63) is 41.9 Å². The zero-order chi connectivity index (χ0) is 17.1. The number of thioether (sulfide) groups is 1. The maximum atomic E-state index is 12.3. The van der Waals surface area contributed by atoms with Crippen molar-refractivity contribution < 1.29 is 23.4 Å². The molecule has 1 aliphatic heterocycles. The first-order valence-corrected chi connectivity index (χ1v) is 8.46. The Balaban J connectivity index is 1.95. The normalized spacial score (nSPS) is 17.2. The molecule has 0 radical (unpaired) electrons. The minimum atomic E-state index is -0.128. The van der Waals surface area contributed by atoms with Crippen molar-refractivity contribution >= 4 is 17.7 Å². The summed E-state index contributed by atoms with van der Waals surface area (Å²) in [5.41, 5.74) is 0.923. The van der Waals surface area contributed by atoms with Gasteiger partial charge in [-0.15, -0.1) is 11.8 Å². The number of methoxy groups -OCH3 is 3. The fraction of sp³-hybridized carbons (Fsp3) is 0.353. The van der Waals surface area contributed by atoms with E-state index in [9.17, 15) is 4.79 Å². The molecular formula is C17H19NO5S. The number of nitrogens with zero attached hydrogens (tertiary/aromatic N) is 1. The van der Waals surface area contributed by atoms with Crippen LogP contribution in [-0.2, 0) is 11.3 Å². The van der Waals surface area contributed by atoms with Gasteiger partial charge in [0.2, 0.25) is 11.7 Å². The minimum absolute atomic E-state index is 0.0788. The fourth-order valence-corrected chi connectivity index (χ4v) is 3.88. The summed E-state index contributed by atoms with van der Waals surface area (Å²) in [4.78, 5) is 14.1. The van der Waals surface area contributed by atoms with Crippen LogP contribution in [0.4, 0.5) is 0 Å². The van der Waals surface area contributed by atoms with Gasteiger partial charge in [0.25, 0.3) is 0 Å². The predicted molar refractivity (Wildman–Crippen MR) is 90.6 cm³/mol. The summed E-state index contributed by atoms with van der Waals surface area (Å²) in [6.45, 7) is 0.431. The van der Waals surface area contributed by atoms with Crippen LogP contribution in [0.2, 0.25) is 0 Å². The van der Waals surface area contributed by atoms with Crippen molar-refractivity contribution in [3.63, 3.8) is 0 Å². The molecule has 2 heterocycles. The van der Waals surface area contributed by atoms with Gasteiger partial charge in [-0.2, -0.15) is 0 Å². The van der Waals surface area contributed by atoms with E-state index in [1.807, 2.05) is 24.3 Å². The first-order valence-electron chi connectivity index (χ1n) is 7.41. The fourth-order valence-electron chi connectivity index (χ4n) is 2.72. The van der Waals surface area contributed by atoms with Gasteiger partial charge in [0.1, 0.15) is 11.1 Å². The highest BCUT2D eigenvalue weighted by molar-refractivity contribution is 8.00. The second-order valence-corrected chi connectivity index (χ2v) is 6.29. The molecule has 2 aromatic rings. The predicted octanol–water partition coefficient (Wildman–Crippen LogP) is 3.08. The lowest BCUT2D eigenvalue weighted by atomic mass is 10.1. The number of carbonyl (C=O) groups is 1. The average molecular weight is 349 g/mol. The summed E-state index contributed by atoms with van der Waals surface area (Å²) in [5, 5.41) is -0.128. The monoisotopic (exact) mass is 349 g/mol. The topological polar surface area (TPSA) is 61.1 Å². The maximum Gasteiger partial charge on any atom is 0.234 e. The molecule has 3 rings (SSSR count). The summed E-state index contributed by atoms with van der Waals surface area (Å²) < 4.78 is 21.6. The second-order valence-electron chi connectivity index (χ2n) is 5.22. The maximum absolute atomic E-state index is 12.3. The van der Waals surface area contributed by atoms with Crippen molar-refractivity contribution in [3.8, 4) is 17.2 Å². The van der Waals surface area contributed by atoms with Gasteiger partial charge >= 0.3 is 0 Å². The minimum Gasteiger partial charge on any atom is -0.493 e. The molecule has 0 saturated carbocycles. The molecule has 1 aliphatic rings. The Labute approximate surface area is 144 Å². The van der Waals surface area contributed by atoms with Crippen LogP contribution in [0.1, 0.15) is 16.7 Å². The Morgan fingerprint density at radius 2 is 1.92 bits per heavy atom. The van der Waals surface area contributed by atoms with Crippen molar-refractivity contribution in [1.29, 1.82) is 0 Å². The van der Waals surface area contributed by atoms with Crippen LogP contribution in [0.5, 0.6) is 17.2 Å². The zero-order valence-corrected chi connectivity index (χ0v) is 14.6. The highest BCUT2D eigenvalue weighted by atomic mass is 32.2. The van der Waals surface area contributed by atoms with E-state index in [0.717, 1.165) is 11.3 Å². The average Bonchev–Trinajstić information content (AvgIpc) is 3.24. The molecule has 1 atom stereocenters. The largest absolute Gasteiger partial charge is 0.493 e. The third-order valence-corrected chi connectivity index (χ3v) is 5.10. The highest BCUT2D eigenvalue weighted by Gasteiger charge is 2.34. The third-order valence-electron chi connectivity index (χ3n) is 3.85. The lowest BCUT2D eigenvalue weighted by Gasteiger charge is -2.24. The second kappa shape index (κ2) is 7.09. The van der Waals surface area contributed by atoms with Crippen LogP contribution in [0.15, 0.2) is 34.9 Å². The number of benzene rings is 1. The molecule has 24 heavy (non-hydrogen) atoms. The van der Waals surface area contributed by atoms with Crippen LogP contribution in [-0.4, -0.2) is 37.9 Å². The number of ether oxygens (including phenoxy) is 3. The standard InChI is InChI=1S/C17H19NO5S/c1-20-13-7-11(8-14(21-2)16(13)22-3)17-18(15(19)10-24-17)9-12-5-4-6-23-12/h4-8,17H,9-10H2,1-3H3/t17-/m1/s1. The van der Waals surface area contributed by atoms with Crippen molar-refractivity contribution in [2.24, 2.45) is 0 Å². The van der Waals surface area contributed by atoms with Crippen molar-refractivity contribution in [1.82, 2.24) is 4.90 Å². The molecule has 128 valence electrons. The Kier molecular flexibility index (Phi) is 4.89. The summed E-state index contributed by atoms with van der Waals surface area (Å²) in [6.07, 6.45) is 1.61. The molecule has 1 aromatic carbocycles. The number of furan rings is 1. The Morgan fingerprint density at radius 1 is 1.21 bits per heavy atom. The van der Waals surface area contributed by atoms with Crippen LogP contribution in [0.25, 0.3) is 0 Å². The van der Waals surface area contributed by atoms with Crippen LogP contribution in [0.3, 0.4) is 0 Å². The molecule has 1 saturated heterocycles. The molecule has 1 amide bonds. The number of hydrogen-bond donors (Lipinski definition) is 0. The smallest absolute Gasteiger partial charge is 0.234 e. The van der Waals surface area contributed by atoms with Crippen LogP contribution >= 0.6 is 11.8 Å². The van der Waals surface area contributed by atoms with E-state index in [4.69, 9.17) is 18.6 Å². The van der Waals surface area contributed by atoms with Gasteiger partial charge in [-0.05, 0) is 29.8 Å². The molecule has 0 unspecified atom stereocenters. The van der Waals surface area contributed by atoms with Crippen molar-refractivity contribution in [2.45, 2.75) is 11.9 Å². The zero-order valence-electron chi connectivity index (χ0n) is 13.8. The molecule has 0 aliphatic carbocycles. The number of hydrogen-bond acceptors (Lipinski definition) is 6. The van der Waals surface area contributed by atoms with Gasteiger partial charge in [-0.25, -0.2) is 0 Å². The molecule has 0 spiro atoms.